The van der Waals surface area contributed by atoms with Gasteiger partial charge in [-0.25, -0.2) is 0 Å². The fourth-order valence-corrected chi connectivity index (χ4v) is 9.66. The summed E-state index contributed by atoms with van der Waals surface area (Å²) in [5, 5.41) is 35.3. The second kappa shape index (κ2) is 11.3. The van der Waals surface area contributed by atoms with Crippen LogP contribution in [0, 0.1) is 52.3 Å². The molecular weight excluding hydrogens is 506 g/mol. The molecule has 4 rings (SSSR count). The normalized spacial score (nSPS) is 46.7. The van der Waals surface area contributed by atoms with Crippen LogP contribution in [0.15, 0.2) is 0 Å². The molecule has 4 aliphatic rings. The van der Waals surface area contributed by atoms with Gasteiger partial charge in [-0.05, 0) is 97.7 Å². The molecule has 4 saturated carbocycles. The van der Waals surface area contributed by atoms with Crippen LogP contribution in [-0.4, -0.2) is 64.7 Å². The Morgan fingerprint density at radius 1 is 1.05 bits per heavy atom. The lowest BCUT2D eigenvalue weighted by Crippen LogP contribution is -2.62. The molecule has 38 heavy (non-hydrogen) atoms. The van der Waals surface area contributed by atoms with Crippen molar-refractivity contribution < 1.29 is 38.6 Å². The van der Waals surface area contributed by atoms with Gasteiger partial charge in [0.2, 0.25) is 5.91 Å². The predicted molar refractivity (Wildman–Crippen MR) is 146 cm³/mol. The smallest absolute Gasteiger partial charge is 0.266 e. The van der Waals surface area contributed by atoms with Crippen LogP contribution < -0.4 is 5.32 Å². The zero-order valence-electron chi connectivity index (χ0n) is 27.3. The summed E-state index contributed by atoms with van der Waals surface area (Å²) in [4.78, 5) is 12.6. The first-order chi connectivity index (χ1) is 19.2. The summed E-state index contributed by atoms with van der Waals surface area (Å²) in [7, 11) is -5.41. The van der Waals surface area contributed by atoms with Crippen molar-refractivity contribution in [3.05, 3.63) is 0 Å². The highest BCUT2D eigenvalue weighted by Crippen LogP contribution is 2.68. The number of rotatable bonds is 9. The zero-order chi connectivity index (χ0) is 31.6. The van der Waals surface area contributed by atoms with E-state index in [1.165, 1.54) is 0 Å². The van der Waals surface area contributed by atoms with E-state index in [9.17, 15) is 28.5 Å². The minimum atomic E-state index is -5.41. The molecule has 220 valence electrons. The summed E-state index contributed by atoms with van der Waals surface area (Å²) in [6, 6.07) is 0. The Kier molecular flexibility index (Phi) is 7.41. The van der Waals surface area contributed by atoms with Gasteiger partial charge in [0.1, 0.15) is 0 Å². The molecule has 0 bridgehead atoms. The fourth-order valence-electron chi connectivity index (χ4n) is 9.48. The van der Waals surface area contributed by atoms with Crippen molar-refractivity contribution >= 4 is 16.0 Å². The molecule has 0 unspecified atom stereocenters. The fraction of sp³-hybridized carbons (Fsp3) is 0.966. The maximum atomic E-state index is 12.6. The topological polar surface area (TPSA) is 144 Å². The molecule has 0 heterocycles. The third-order valence-electron chi connectivity index (χ3n) is 11.6. The number of hydrogen-bond donors (Lipinski definition) is 5. The van der Waals surface area contributed by atoms with E-state index in [1.807, 2.05) is 5.32 Å². The van der Waals surface area contributed by atoms with Gasteiger partial charge < -0.3 is 20.6 Å². The first-order valence-electron chi connectivity index (χ1n) is 16.5. The first kappa shape index (κ1) is 25.0. The number of amides is 1. The summed E-state index contributed by atoms with van der Waals surface area (Å²) in [6.45, 7) is 4.93. The van der Waals surface area contributed by atoms with Gasteiger partial charge in [0.15, 0.2) is 0 Å². The van der Waals surface area contributed by atoms with Crippen LogP contribution in [0.1, 0.15) is 97.4 Å². The molecule has 0 aromatic heterocycles. The maximum Gasteiger partial charge on any atom is 0.266 e. The van der Waals surface area contributed by atoms with Crippen LogP contribution in [0.5, 0.6) is 0 Å². The lowest BCUT2D eigenvalue weighted by Gasteiger charge is -2.63. The number of fused-ring (bicyclic) bond motifs is 5. The monoisotopic (exact) mass is 561 g/mol. The Labute approximate surface area is 234 Å². The minimum Gasteiger partial charge on any atom is -0.393 e. The van der Waals surface area contributed by atoms with Gasteiger partial charge in [-0.2, -0.15) is 8.42 Å². The molecule has 1 amide bonds. The van der Waals surface area contributed by atoms with Crippen LogP contribution in [0.2, 0.25) is 0 Å². The lowest BCUT2D eigenvalue weighted by molar-refractivity contribution is -0.207. The van der Waals surface area contributed by atoms with Gasteiger partial charge in [-0.1, -0.05) is 40.5 Å². The van der Waals surface area contributed by atoms with E-state index in [1.54, 1.807) is 6.92 Å². The number of aliphatic hydroxyl groups is 3. The van der Waals surface area contributed by atoms with E-state index in [2.05, 4.69) is 20.8 Å². The Balaban J connectivity index is 1.38. The molecule has 0 spiro atoms. The lowest BCUT2D eigenvalue weighted by atomic mass is 9.43. The van der Waals surface area contributed by atoms with Crippen LogP contribution in [0.25, 0.3) is 0 Å². The van der Waals surface area contributed by atoms with E-state index in [4.69, 9.17) is 10.0 Å². The van der Waals surface area contributed by atoms with Crippen molar-refractivity contribution in [3.8, 4) is 0 Å². The second-order valence-electron chi connectivity index (χ2n) is 13.5. The molecule has 12 atom stereocenters. The molecule has 0 aromatic carbocycles. The van der Waals surface area contributed by atoms with Gasteiger partial charge in [0.05, 0.1) is 26.8 Å². The number of carbonyl (C=O) groups excluding carboxylic acids is 1. The van der Waals surface area contributed by atoms with Crippen LogP contribution in [0.4, 0.5) is 0 Å². The number of carbonyl (C=O) groups is 1. The van der Waals surface area contributed by atoms with E-state index >= 15 is 0 Å². The highest BCUT2D eigenvalue weighted by molar-refractivity contribution is 7.85. The highest BCUT2D eigenvalue weighted by atomic mass is 32.2. The zero-order valence-corrected chi connectivity index (χ0v) is 24.1. The molecule has 0 saturated heterocycles. The summed E-state index contributed by atoms with van der Waals surface area (Å²) in [5.74, 6) is -0.231. The van der Waals surface area contributed by atoms with Crippen molar-refractivity contribution in [1.29, 1.82) is 0 Å². The maximum absolute atomic E-state index is 12.6. The predicted octanol–water partition coefficient (Wildman–Crippen LogP) is 3.39. The highest BCUT2D eigenvalue weighted by Gasteiger charge is 2.65. The molecule has 5 N–H and O–H groups in total. The standard InChI is InChI=1S/C29H51NO7S/c1-17(6-5-7-18(2)27(34)30-12-13-38(35,36)37)21-8-9-22-26-23(16-25(33)29(21,22)4)28(3)11-10-20(31)14-19(28)15-24(26)32/h17-26,31-33H,5-16H2,1-4H3,(H,30,34)(H,35,36,37)/t17-,18-,19+,20-,21-,22+,23+,24-,25+,26+,28+,29-/m1/s1/i12D2,13D2. The third-order valence-corrected chi connectivity index (χ3v) is 12.0. The summed E-state index contributed by atoms with van der Waals surface area (Å²) >= 11 is 0. The third kappa shape index (κ3) is 5.69. The van der Waals surface area contributed by atoms with E-state index < -0.39 is 46.4 Å². The minimum absolute atomic E-state index is 0.0164. The average Bonchev–Trinajstić information content (AvgIpc) is 3.23. The average molecular weight is 562 g/mol. The Morgan fingerprint density at radius 3 is 2.45 bits per heavy atom. The number of nitrogens with one attached hydrogen (secondary N) is 1. The second-order valence-corrected chi connectivity index (χ2v) is 14.7. The Hall–Kier alpha value is -0.740. The van der Waals surface area contributed by atoms with Crippen molar-refractivity contribution in [2.45, 2.75) is 110 Å². The molecule has 0 aromatic rings. The SMILES string of the molecule is [2H]C([2H])(NC(=O)[C@H](C)CCC[C@@H](C)[C@H]1CC[C@H]2[C@@H]3[C@H](O)C[C@@H]4C[C@H](O)CC[C@]4(C)[C@H]3C[C@H](O)[C@]12C)C([2H])([2H])S(=O)(=O)O. The van der Waals surface area contributed by atoms with Crippen LogP contribution >= 0.6 is 0 Å². The molecule has 9 heteroatoms. The van der Waals surface area contributed by atoms with Gasteiger partial charge in [-0.15, -0.1) is 0 Å². The molecule has 8 nitrogen and oxygen atoms in total. The van der Waals surface area contributed by atoms with Crippen molar-refractivity contribution in [1.82, 2.24) is 5.32 Å². The van der Waals surface area contributed by atoms with Gasteiger partial charge in [0, 0.05) is 15.2 Å². The van der Waals surface area contributed by atoms with Gasteiger partial charge >= 0.3 is 0 Å². The summed E-state index contributed by atoms with van der Waals surface area (Å²) < 4.78 is 62.0. The van der Waals surface area contributed by atoms with E-state index in [0.29, 0.717) is 25.7 Å². The van der Waals surface area contributed by atoms with E-state index in [0.717, 1.165) is 38.5 Å². The molecule has 4 aliphatic carbocycles. The first-order valence-corrected chi connectivity index (χ1v) is 16.0. The molecule has 0 aliphatic heterocycles. The van der Waals surface area contributed by atoms with Crippen molar-refractivity contribution in [2.75, 3.05) is 12.2 Å². The number of aliphatic hydroxyl groups excluding tert-OH is 3. The van der Waals surface area contributed by atoms with E-state index in [-0.39, 0.29) is 52.4 Å². The van der Waals surface area contributed by atoms with Gasteiger partial charge in [0.25, 0.3) is 10.1 Å². The molecular formula is C29H51NO7S. The van der Waals surface area contributed by atoms with Gasteiger partial charge in [-0.3, -0.25) is 9.35 Å². The molecule has 0 radical (unpaired) electrons. The summed E-state index contributed by atoms with van der Waals surface area (Å²) in [5.41, 5.74) is -4.03. The largest absolute Gasteiger partial charge is 0.393 e. The molecule has 4 fully saturated rings. The van der Waals surface area contributed by atoms with Crippen LogP contribution in [-0.2, 0) is 14.9 Å². The number of hydrogen-bond acceptors (Lipinski definition) is 6. The Morgan fingerprint density at radius 2 is 1.76 bits per heavy atom. The summed E-state index contributed by atoms with van der Waals surface area (Å²) in [6.07, 6.45) is 6.26. The van der Waals surface area contributed by atoms with Crippen molar-refractivity contribution in [3.63, 3.8) is 0 Å². The quantitative estimate of drug-likeness (QED) is 0.271. The van der Waals surface area contributed by atoms with Crippen molar-refractivity contribution in [2.24, 2.45) is 52.3 Å². The van der Waals surface area contributed by atoms with Crippen LogP contribution in [0.3, 0.4) is 0 Å². The Bertz CT molecular complexity index is 1130.